The molecule has 0 atom stereocenters. The van der Waals surface area contributed by atoms with Gasteiger partial charge in [0.05, 0.1) is 7.11 Å². The number of rotatable bonds is 6. The molecule has 2 N–H and O–H groups in total. The number of hydrogen-bond donors (Lipinski definition) is 2. The molecular formula is C20H17N3O3S. The Kier molecular flexibility index (Phi) is 4.76. The quantitative estimate of drug-likeness (QED) is 0.522. The molecule has 2 heterocycles. The van der Waals surface area contributed by atoms with Crippen molar-refractivity contribution in [1.82, 2.24) is 15.3 Å². The number of ether oxygens (including phenoxy) is 2. The molecule has 0 saturated heterocycles. The second-order valence-corrected chi connectivity index (χ2v) is 6.72. The molecular weight excluding hydrogens is 362 g/mol. The van der Waals surface area contributed by atoms with E-state index in [2.05, 4.69) is 15.3 Å². The van der Waals surface area contributed by atoms with Crippen LogP contribution >= 0.6 is 11.3 Å². The van der Waals surface area contributed by atoms with Crippen molar-refractivity contribution in [3.63, 3.8) is 0 Å². The lowest BCUT2D eigenvalue weighted by molar-refractivity contribution is 0.0946. The maximum absolute atomic E-state index is 12.4. The van der Waals surface area contributed by atoms with Crippen molar-refractivity contribution >= 4 is 28.1 Å². The number of aromatic nitrogens is 2. The van der Waals surface area contributed by atoms with Gasteiger partial charge < -0.3 is 19.8 Å². The molecule has 27 heavy (non-hydrogen) atoms. The minimum absolute atomic E-state index is 0.159. The Labute approximate surface area is 159 Å². The number of benzene rings is 2. The number of thiazole rings is 1. The van der Waals surface area contributed by atoms with Crippen LogP contribution in [0.5, 0.6) is 16.7 Å². The van der Waals surface area contributed by atoms with Crippen LogP contribution in [-0.2, 0) is 6.54 Å². The Morgan fingerprint density at radius 3 is 2.70 bits per heavy atom. The molecule has 136 valence electrons. The van der Waals surface area contributed by atoms with Gasteiger partial charge in [-0.2, -0.15) is 0 Å². The van der Waals surface area contributed by atoms with Gasteiger partial charge in [0.2, 0.25) is 0 Å². The minimum atomic E-state index is -0.159. The van der Waals surface area contributed by atoms with Crippen LogP contribution in [0.1, 0.15) is 16.1 Å². The zero-order valence-electron chi connectivity index (χ0n) is 14.6. The molecule has 1 amide bonds. The number of carbonyl (C=O) groups excluding carboxylic acids is 1. The van der Waals surface area contributed by atoms with Crippen molar-refractivity contribution in [3.8, 4) is 16.7 Å². The van der Waals surface area contributed by atoms with Crippen LogP contribution in [0.3, 0.4) is 0 Å². The summed E-state index contributed by atoms with van der Waals surface area (Å²) in [6, 6.07) is 15.0. The van der Waals surface area contributed by atoms with E-state index in [1.54, 1.807) is 13.3 Å². The van der Waals surface area contributed by atoms with E-state index in [4.69, 9.17) is 9.47 Å². The van der Waals surface area contributed by atoms with E-state index in [0.717, 1.165) is 22.2 Å². The lowest BCUT2D eigenvalue weighted by atomic mass is 10.2. The topological polar surface area (TPSA) is 76.2 Å². The summed E-state index contributed by atoms with van der Waals surface area (Å²) in [7, 11) is 1.62. The maximum atomic E-state index is 12.4. The number of amides is 1. The molecule has 7 heteroatoms. The summed E-state index contributed by atoms with van der Waals surface area (Å²) < 4.78 is 10.8. The molecule has 2 aromatic heterocycles. The second kappa shape index (κ2) is 7.51. The third-order valence-electron chi connectivity index (χ3n) is 4.07. The first-order chi connectivity index (χ1) is 13.2. The Balaban J connectivity index is 1.38. The molecule has 2 aromatic carbocycles. The summed E-state index contributed by atoms with van der Waals surface area (Å²) in [6.07, 6.45) is 1.70. The van der Waals surface area contributed by atoms with E-state index in [1.807, 2.05) is 53.9 Å². The molecule has 0 fully saturated rings. The Morgan fingerprint density at radius 1 is 1.15 bits per heavy atom. The molecule has 0 unspecified atom stereocenters. The van der Waals surface area contributed by atoms with Crippen LogP contribution in [0.4, 0.5) is 0 Å². The lowest BCUT2D eigenvalue weighted by Gasteiger charge is -2.06. The lowest BCUT2D eigenvalue weighted by Crippen LogP contribution is -2.22. The van der Waals surface area contributed by atoms with Gasteiger partial charge in [0.1, 0.15) is 17.2 Å². The highest BCUT2D eigenvalue weighted by molar-refractivity contribution is 7.11. The maximum Gasteiger partial charge on any atom is 0.278 e. The summed E-state index contributed by atoms with van der Waals surface area (Å²) >= 11 is 1.44. The number of H-pyrrole nitrogens is 1. The van der Waals surface area contributed by atoms with Crippen molar-refractivity contribution in [2.45, 2.75) is 6.54 Å². The summed E-state index contributed by atoms with van der Waals surface area (Å²) in [5.74, 6) is 1.30. The monoisotopic (exact) mass is 379 g/mol. The Bertz CT molecular complexity index is 1060. The fourth-order valence-corrected chi connectivity index (χ4v) is 3.17. The van der Waals surface area contributed by atoms with E-state index < -0.39 is 0 Å². The van der Waals surface area contributed by atoms with Gasteiger partial charge in [0.15, 0.2) is 0 Å². The summed E-state index contributed by atoms with van der Waals surface area (Å²) in [4.78, 5) is 19.6. The normalized spacial score (nSPS) is 10.7. The van der Waals surface area contributed by atoms with Gasteiger partial charge in [-0.1, -0.05) is 23.5 Å². The average molecular weight is 379 g/mol. The zero-order valence-corrected chi connectivity index (χ0v) is 15.4. The highest BCUT2D eigenvalue weighted by atomic mass is 32.1. The number of methoxy groups -OCH3 is 1. The summed E-state index contributed by atoms with van der Waals surface area (Å²) in [5, 5.41) is 6.34. The minimum Gasteiger partial charge on any atom is -0.497 e. The van der Waals surface area contributed by atoms with E-state index in [1.165, 1.54) is 11.3 Å². The van der Waals surface area contributed by atoms with Gasteiger partial charge in [-0.25, -0.2) is 4.98 Å². The average Bonchev–Trinajstić information content (AvgIpc) is 3.36. The molecule has 0 spiro atoms. The van der Waals surface area contributed by atoms with Crippen molar-refractivity contribution < 1.29 is 14.3 Å². The third-order valence-corrected chi connectivity index (χ3v) is 4.71. The molecule has 0 aliphatic heterocycles. The fourth-order valence-electron chi connectivity index (χ4n) is 2.67. The van der Waals surface area contributed by atoms with Crippen LogP contribution in [-0.4, -0.2) is 23.0 Å². The number of aromatic amines is 1. The Morgan fingerprint density at radius 2 is 1.96 bits per heavy atom. The second-order valence-electron chi connectivity index (χ2n) is 5.86. The fraction of sp³-hybridized carbons (Fsp3) is 0.100. The molecule has 4 rings (SSSR count). The SMILES string of the molecule is COc1ccc2cc(C(=O)NCc3ccc(Oc4nccs4)cc3)[nH]c2c1. The summed E-state index contributed by atoms with van der Waals surface area (Å²) in [5.41, 5.74) is 2.36. The van der Waals surface area contributed by atoms with Crippen LogP contribution in [0, 0.1) is 0 Å². The first-order valence-corrected chi connectivity index (χ1v) is 9.20. The van der Waals surface area contributed by atoms with Crippen LogP contribution in [0.2, 0.25) is 0 Å². The standard InChI is InChI=1S/C20H17N3O3S/c1-25-16-7-4-14-10-18(23-17(14)11-16)19(24)22-12-13-2-5-15(6-3-13)26-20-21-8-9-27-20/h2-11,23H,12H2,1H3,(H,22,24). The smallest absolute Gasteiger partial charge is 0.278 e. The van der Waals surface area contributed by atoms with Gasteiger partial charge in [-0.3, -0.25) is 4.79 Å². The van der Waals surface area contributed by atoms with E-state index in [-0.39, 0.29) is 5.91 Å². The number of hydrogen-bond acceptors (Lipinski definition) is 5. The van der Waals surface area contributed by atoms with Crippen LogP contribution in [0.25, 0.3) is 10.9 Å². The first-order valence-electron chi connectivity index (χ1n) is 8.32. The largest absolute Gasteiger partial charge is 0.497 e. The van der Waals surface area contributed by atoms with Gasteiger partial charge in [0.25, 0.3) is 11.1 Å². The predicted octanol–water partition coefficient (Wildman–Crippen LogP) is 4.36. The first kappa shape index (κ1) is 17.1. The highest BCUT2D eigenvalue weighted by Crippen LogP contribution is 2.24. The van der Waals surface area contributed by atoms with Crippen LogP contribution in [0.15, 0.2) is 60.1 Å². The number of nitrogens with zero attached hydrogens (tertiary/aromatic N) is 1. The highest BCUT2D eigenvalue weighted by Gasteiger charge is 2.10. The van der Waals surface area contributed by atoms with Crippen molar-refractivity contribution in [3.05, 3.63) is 71.4 Å². The van der Waals surface area contributed by atoms with E-state index in [0.29, 0.717) is 23.2 Å². The van der Waals surface area contributed by atoms with Crippen molar-refractivity contribution in [1.29, 1.82) is 0 Å². The van der Waals surface area contributed by atoms with Gasteiger partial charge in [-0.05, 0) is 35.9 Å². The molecule has 0 radical (unpaired) electrons. The van der Waals surface area contributed by atoms with Crippen molar-refractivity contribution in [2.75, 3.05) is 7.11 Å². The van der Waals surface area contributed by atoms with Crippen LogP contribution < -0.4 is 14.8 Å². The molecule has 6 nitrogen and oxygen atoms in total. The number of nitrogens with one attached hydrogen (secondary N) is 2. The van der Waals surface area contributed by atoms with Gasteiger partial charge in [0, 0.05) is 35.1 Å². The molecule has 0 aliphatic carbocycles. The van der Waals surface area contributed by atoms with E-state index >= 15 is 0 Å². The zero-order chi connectivity index (χ0) is 18.6. The molecule has 4 aromatic rings. The molecule has 0 aliphatic rings. The predicted molar refractivity (Wildman–Crippen MR) is 105 cm³/mol. The number of fused-ring (bicyclic) bond motifs is 1. The van der Waals surface area contributed by atoms with E-state index in [9.17, 15) is 4.79 Å². The third kappa shape index (κ3) is 3.93. The van der Waals surface area contributed by atoms with Gasteiger partial charge >= 0.3 is 0 Å². The summed E-state index contributed by atoms with van der Waals surface area (Å²) in [6.45, 7) is 0.426. The van der Waals surface area contributed by atoms with Gasteiger partial charge in [-0.15, -0.1) is 0 Å². The molecule has 0 saturated carbocycles. The number of carbonyl (C=O) groups is 1. The van der Waals surface area contributed by atoms with Crippen molar-refractivity contribution in [2.24, 2.45) is 0 Å². The molecule has 0 bridgehead atoms. The Hall–Kier alpha value is -3.32.